The maximum atomic E-state index is 12.6. The Labute approximate surface area is 167 Å². The number of pyridine rings is 1. The molecule has 3 rings (SSSR count). The van der Waals surface area contributed by atoms with Crippen molar-refractivity contribution in [3.05, 3.63) is 86.5 Å². The SMILES string of the molecule is Cc1c(/C(C=N)=C/N)ccn(Cc2nc(CCc3ccc(Cl)cc3)no2)c1=O. The van der Waals surface area contributed by atoms with Crippen LogP contribution in [-0.4, -0.2) is 20.9 Å². The largest absolute Gasteiger partial charge is 0.404 e. The maximum absolute atomic E-state index is 12.6. The quantitative estimate of drug-likeness (QED) is 0.595. The Bertz CT molecular complexity index is 1070. The second-order valence-corrected chi connectivity index (χ2v) is 6.72. The molecule has 3 N–H and O–H groups in total. The third-order valence-electron chi connectivity index (χ3n) is 4.42. The van der Waals surface area contributed by atoms with E-state index in [0.29, 0.717) is 39.9 Å². The van der Waals surface area contributed by atoms with E-state index in [4.69, 9.17) is 27.3 Å². The molecule has 0 atom stereocenters. The number of hydrogen-bond donors (Lipinski definition) is 2. The summed E-state index contributed by atoms with van der Waals surface area (Å²) in [5.74, 6) is 0.950. The number of halogens is 1. The second kappa shape index (κ2) is 8.67. The molecule has 0 amide bonds. The van der Waals surface area contributed by atoms with E-state index in [2.05, 4.69) is 10.1 Å². The van der Waals surface area contributed by atoms with Crippen molar-refractivity contribution in [3.63, 3.8) is 0 Å². The predicted octanol–water partition coefficient (Wildman–Crippen LogP) is 2.98. The fourth-order valence-corrected chi connectivity index (χ4v) is 2.98. The Hall–Kier alpha value is -3.19. The van der Waals surface area contributed by atoms with Crippen LogP contribution in [0.25, 0.3) is 5.57 Å². The molecule has 0 spiro atoms. The minimum Gasteiger partial charge on any atom is -0.404 e. The summed E-state index contributed by atoms with van der Waals surface area (Å²) in [7, 11) is 0. The first kappa shape index (κ1) is 19.6. The fourth-order valence-electron chi connectivity index (χ4n) is 2.85. The van der Waals surface area contributed by atoms with Crippen LogP contribution in [-0.2, 0) is 19.4 Å². The van der Waals surface area contributed by atoms with Gasteiger partial charge in [-0.15, -0.1) is 0 Å². The molecule has 0 aliphatic carbocycles. The van der Waals surface area contributed by atoms with Gasteiger partial charge in [0.05, 0.1) is 0 Å². The van der Waals surface area contributed by atoms with Crippen molar-refractivity contribution in [3.8, 4) is 0 Å². The number of nitrogens with two attached hydrogens (primary N) is 1. The lowest BCUT2D eigenvalue weighted by molar-refractivity contribution is 0.364. The zero-order valence-corrected chi connectivity index (χ0v) is 16.1. The van der Waals surface area contributed by atoms with Crippen molar-refractivity contribution in [1.82, 2.24) is 14.7 Å². The average molecular weight is 398 g/mol. The molecule has 2 aromatic heterocycles. The van der Waals surface area contributed by atoms with Crippen LogP contribution in [0, 0.1) is 12.3 Å². The second-order valence-electron chi connectivity index (χ2n) is 6.28. The molecule has 0 bridgehead atoms. The van der Waals surface area contributed by atoms with Gasteiger partial charge in [0, 0.05) is 41.2 Å². The molecule has 0 saturated carbocycles. The summed E-state index contributed by atoms with van der Waals surface area (Å²) >= 11 is 5.89. The molecule has 3 aromatic rings. The van der Waals surface area contributed by atoms with Gasteiger partial charge in [-0.2, -0.15) is 4.98 Å². The molecular formula is C20H20ClN5O2. The highest BCUT2D eigenvalue weighted by molar-refractivity contribution is 6.30. The van der Waals surface area contributed by atoms with Crippen molar-refractivity contribution in [2.24, 2.45) is 5.73 Å². The Morgan fingerprint density at radius 3 is 2.71 bits per heavy atom. The lowest BCUT2D eigenvalue weighted by Crippen LogP contribution is -2.23. The molecule has 0 saturated heterocycles. The van der Waals surface area contributed by atoms with E-state index in [1.165, 1.54) is 10.8 Å². The third kappa shape index (κ3) is 4.37. The molecule has 0 aliphatic rings. The average Bonchev–Trinajstić information content (AvgIpc) is 3.15. The standard InChI is InChI=1S/C20H20ClN5O2/c1-13-17(15(10-22)11-23)8-9-26(20(13)27)12-19-24-18(25-28-19)7-4-14-2-5-16(21)6-3-14/h2-3,5-6,8-11,22H,4,7,12,23H2,1H3/b15-11+,22-10?. The molecule has 0 unspecified atom stereocenters. The lowest BCUT2D eigenvalue weighted by atomic mass is 10.0. The first-order valence-electron chi connectivity index (χ1n) is 8.70. The van der Waals surface area contributed by atoms with E-state index in [0.717, 1.165) is 18.2 Å². The van der Waals surface area contributed by atoms with E-state index in [1.54, 1.807) is 19.2 Å². The Morgan fingerprint density at radius 2 is 2.04 bits per heavy atom. The van der Waals surface area contributed by atoms with Crippen LogP contribution in [0.15, 0.2) is 52.0 Å². The smallest absolute Gasteiger partial charge is 0.254 e. The van der Waals surface area contributed by atoms with Gasteiger partial charge >= 0.3 is 0 Å². The van der Waals surface area contributed by atoms with E-state index < -0.39 is 0 Å². The van der Waals surface area contributed by atoms with Crippen molar-refractivity contribution >= 4 is 23.4 Å². The summed E-state index contributed by atoms with van der Waals surface area (Å²) in [5, 5.41) is 12.1. The van der Waals surface area contributed by atoms with Gasteiger partial charge in [-0.3, -0.25) is 4.79 Å². The lowest BCUT2D eigenvalue weighted by Gasteiger charge is -2.09. The van der Waals surface area contributed by atoms with Crippen LogP contribution >= 0.6 is 11.6 Å². The summed E-state index contributed by atoms with van der Waals surface area (Å²) < 4.78 is 6.77. The van der Waals surface area contributed by atoms with E-state index in [9.17, 15) is 4.79 Å². The highest BCUT2D eigenvalue weighted by Gasteiger charge is 2.12. The van der Waals surface area contributed by atoms with Gasteiger partial charge in [0.1, 0.15) is 6.54 Å². The number of allylic oxidation sites excluding steroid dienone is 1. The van der Waals surface area contributed by atoms with Crippen LogP contribution in [0.2, 0.25) is 5.02 Å². The predicted molar refractivity (Wildman–Crippen MR) is 109 cm³/mol. The Morgan fingerprint density at radius 1 is 1.29 bits per heavy atom. The highest BCUT2D eigenvalue weighted by Crippen LogP contribution is 2.14. The molecule has 144 valence electrons. The number of hydrogen-bond acceptors (Lipinski definition) is 6. The molecule has 0 radical (unpaired) electrons. The van der Waals surface area contributed by atoms with Crippen LogP contribution in [0.4, 0.5) is 0 Å². The molecular weight excluding hydrogens is 378 g/mol. The minimum absolute atomic E-state index is 0.181. The highest BCUT2D eigenvalue weighted by atomic mass is 35.5. The summed E-state index contributed by atoms with van der Waals surface area (Å²) in [6.07, 6.45) is 5.46. The van der Waals surface area contributed by atoms with Gasteiger partial charge in [-0.05, 0) is 42.7 Å². The first-order valence-corrected chi connectivity index (χ1v) is 9.08. The monoisotopic (exact) mass is 397 g/mol. The van der Waals surface area contributed by atoms with Crippen molar-refractivity contribution in [2.45, 2.75) is 26.3 Å². The molecule has 2 heterocycles. The number of benzene rings is 1. The van der Waals surface area contributed by atoms with Crippen LogP contribution < -0.4 is 11.3 Å². The zero-order chi connectivity index (χ0) is 20.1. The van der Waals surface area contributed by atoms with Gasteiger partial charge in [0.15, 0.2) is 5.82 Å². The first-order chi connectivity index (χ1) is 13.5. The maximum Gasteiger partial charge on any atom is 0.254 e. The van der Waals surface area contributed by atoms with Crippen LogP contribution in [0.5, 0.6) is 0 Å². The summed E-state index contributed by atoms with van der Waals surface area (Å²) in [6, 6.07) is 9.37. The topological polar surface area (TPSA) is 111 Å². The molecule has 1 aromatic carbocycles. The summed E-state index contributed by atoms with van der Waals surface area (Å²) in [4.78, 5) is 17.0. The summed E-state index contributed by atoms with van der Waals surface area (Å²) in [5.41, 5.74) is 8.08. The number of aryl methyl sites for hydroxylation is 2. The fraction of sp³-hybridized carbons (Fsp3) is 0.200. The molecule has 28 heavy (non-hydrogen) atoms. The van der Waals surface area contributed by atoms with Crippen molar-refractivity contribution < 1.29 is 4.52 Å². The molecule has 8 heteroatoms. The molecule has 0 aliphatic heterocycles. The number of aromatic nitrogens is 3. The van der Waals surface area contributed by atoms with E-state index in [-0.39, 0.29) is 12.1 Å². The van der Waals surface area contributed by atoms with E-state index in [1.807, 2.05) is 24.3 Å². The van der Waals surface area contributed by atoms with Crippen molar-refractivity contribution in [1.29, 1.82) is 5.41 Å². The molecule has 7 nitrogen and oxygen atoms in total. The zero-order valence-electron chi connectivity index (χ0n) is 15.4. The van der Waals surface area contributed by atoms with Crippen molar-refractivity contribution in [2.75, 3.05) is 0 Å². The summed E-state index contributed by atoms with van der Waals surface area (Å²) in [6.45, 7) is 1.88. The third-order valence-corrected chi connectivity index (χ3v) is 4.67. The van der Waals surface area contributed by atoms with Gasteiger partial charge < -0.3 is 20.2 Å². The normalized spacial score (nSPS) is 11.6. The number of nitrogens with one attached hydrogen (secondary N) is 1. The van der Waals surface area contributed by atoms with Gasteiger partial charge in [-0.25, -0.2) is 0 Å². The minimum atomic E-state index is -0.195. The van der Waals surface area contributed by atoms with Crippen LogP contribution in [0.1, 0.15) is 28.4 Å². The van der Waals surface area contributed by atoms with E-state index >= 15 is 0 Å². The van der Waals surface area contributed by atoms with Gasteiger partial charge in [0.25, 0.3) is 5.56 Å². The van der Waals surface area contributed by atoms with Crippen LogP contribution in [0.3, 0.4) is 0 Å². The molecule has 0 fully saturated rings. The number of nitrogens with zero attached hydrogens (tertiary/aromatic N) is 3. The van der Waals surface area contributed by atoms with Gasteiger partial charge in [0.2, 0.25) is 5.89 Å². The number of rotatable bonds is 7. The Kier molecular flexibility index (Phi) is 6.06. The van der Waals surface area contributed by atoms with Gasteiger partial charge in [-0.1, -0.05) is 28.9 Å². The Balaban J connectivity index is 1.71.